The molecule has 1 aliphatic rings. The van der Waals surface area contributed by atoms with E-state index in [1.807, 2.05) is 0 Å². The summed E-state index contributed by atoms with van der Waals surface area (Å²) in [7, 11) is 0. The Bertz CT molecular complexity index is 102. The van der Waals surface area contributed by atoms with Crippen LogP contribution in [-0.2, 0) is 23.7 Å². The Morgan fingerprint density at radius 1 is 0.421 bits per heavy atom. The van der Waals surface area contributed by atoms with Crippen molar-refractivity contribution in [2.75, 3.05) is 79.2 Å². The van der Waals surface area contributed by atoms with Crippen molar-refractivity contribution in [1.29, 1.82) is 0 Å². The number of hydrogen-bond acceptors (Lipinski definition) is 6. The van der Waals surface area contributed by atoms with E-state index >= 15 is 0 Å². The van der Waals surface area contributed by atoms with Crippen LogP contribution in [0.5, 0.6) is 0 Å². The average molecular weight is 277 g/mol. The Balaban J connectivity index is 2.01. The highest BCUT2D eigenvalue weighted by Crippen LogP contribution is 1.87. The highest BCUT2D eigenvalue weighted by molar-refractivity contribution is 4.46. The van der Waals surface area contributed by atoms with Crippen molar-refractivity contribution in [3.8, 4) is 0 Å². The van der Waals surface area contributed by atoms with Gasteiger partial charge in [-0.1, -0.05) is 0 Å². The number of hydrogen-bond donors (Lipinski definition) is 1. The number of rotatable bonds is 0. The predicted octanol–water partition coefficient (Wildman–Crippen LogP) is 0.0627. The molecule has 1 saturated heterocycles. The summed E-state index contributed by atoms with van der Waals surface area (Å²) in [6, 6.07) is 0. The summed E-state index contributed by atoms with van der Waals surface area (Å²) in [6.45, 7) is 8.29. The van der Waals surface area contributed by atoms with Crippen molar-refractivity contribution in [2.24, 2.45) is 0 Å². The Morgan fingerprint density at radius 2 is 0.789 bits per heavy atom. The molecule has 6 heteroatoms. The van der Waals surface area contributed by atoms with Crippen LogP contribution in [0.15, 0.2) is 0 Å². The highest BCUT2D eigenvalue weighted by Gasteiger charge is 1.95. The van der Waals surface area contributed by atoms with Gasteiger partial charge in [0, 0.05) is 26.3 Å². The minimum atomic E-state index is 0.605. The van der Waals surface area contributed by atoms with E-state index in [2.05, 4.69) is 5.32 Å². The molecule has 19 heavy (non-hydrogen) atoms. The molecule has 0 aromatic carbocycles. The van der Waals surface area contributed by atoms with Crippen LogP contribution in [0.3, 0.4) is 0 Å². The first-order valence-corrected chi connectivity index (χ1v) is 7.09. The van der Waals surface area contributed by atoms with E-state index in [1.165, 1.54) is 0 Å². The smallest absolute Gasteiger partial charge is 0.0701 e. The Hall–Kier alpha value is -0.240. The fourth-order valence-corrected chi connectivity index (χ4v) is 1.54. The Morgan fingerprint density at radius 3 is 1.32 bits per heavy atom. The average Bonchev–Trinajstić information content (AvgIpc) is 2.43. The molecule has 0 aliphatic carbocycles. The van der Waals surface area contributed by atoms with Gasteiger partial charge in [0.25, 0.3) is 0 Å². The molecule has 0 aromatic rings. The van der Waals surface area contributed by atoms with E-state index in [-0.39, 0.29) is 0 Å². The standard InChI is InChI=1S/C13H27NO5/c1-4-15-6-2-14-3-7-17-9-11-19-13-12-18-10-8-16-5-1/h14H,1-13H2. The zero-order chi connectivity index (χ0) is 13.4. The summed E-state index contributed by atoms with van der Waals surface area (Å²) in [4.78, 5) is 0. The van der Waals surface area contributed by atoms with Gasteiger partial charge in [-0.15, -0.1) is 0 Å². The van der Waals surface area contributed by atoms with Crippen molar-refractivity contribution in [3.05, 3.63) is 0 Å². The van der Waals surface area contributed by atoms with Crippen LogP contribution in [-0.4, -0.2) is 79.2 Å². The van der Waals surface area contributed by atoms with Crippen LogP contribution in [0.25, 0.3) is 0 Å². The number of nitrogens with one attached hydrogen (secondary N) is 1. The first kappa shape index (κ1) is 16.8. The maximum absolute atomic E-state index is 5.46. The second-order valence-electron chi connectivity index (χ2n) is 4.17. The lowest BCUT2D eigenvalue weighted by Gasteiger charge is -2.07. The summed E-state index contributed by atoms with van der Waals surface area (Å²) in [5.74, 6) is 0. The van der Waals surface area contributed by atoms with E-state index in [0.717, 1.165) is 39.3 Å². The first-order chi connectivity index (χ1) is 9.50. The van der Waals surface area contributed by atoms with Gasteiger partial charge in [0.05, 0.1) is 52.9 Å². The lowest BCUT2D eigenvalue weighted by atomic mass is 10.5. The van der Waals surface area contributed by atoms with Gasteiger partial charge in [-0.25, -0.2) is 0 Å². The summed E-state index contributed by atoms with van der Waals surface area (Å²) in [5.41, 5.74) is 0. The van der Waals surface area contributed by atoms with Gasteiger partial charge < -0.3 is 29.0 Å². The van der Waals surface area contributed by atoms with Gasteiger partial charge in [0.2, 0.25) is 0 Å². The van der Waals surface area contributed by atoms with Crippen molar-refractivity contribution in [1.82, 2.24) is 5.32 Å². The van der Waals surface area contributed by atoms with Gasteiger partial charge >= 0.3 is 0 Å². The fourth-order valence-electron chi connectivity index (χ4n) is 1.54. The Labute approximate surface area is 115 Å². The van der Waals surface area contributed by atoms with Crippen LogP contribution in [0.2, 0.25) is 0 Å². The van der Waals surface area contributed by atoms with Gasteiger partial charge in [0.1, 0.15) is 0 Å². The number of ether oxygens (including phenoxy) is 5. The molecule has 0 bridgehead atoms. The molecule has 114 valence electrons. The molecule has 1 rings (SSSR count). The molecule has 1 heterocycles. The van der Waals surface area contributed by atoms with Gasteiger partial charge in [-0.05, 0) is 6.42 Å². The minimum absolute atomic E-state index is 0.605. The molecule has 6 nitrogen and oxygen atoms in total. The third-order valence-corrected chi connectivity index (χ3v) is 2.54. The normalized spacial score (nSPS) is 24.0. The maximum atomic E-state index is 5.46. The summed E-state index contributed by atoms with van der Waals surface area (Å²) in [6.07, 6.45) is 0.923. The Kier molecular flexibility index (Phi) is 12.5. The molecule has 0 aromatic heterocycles. The fraction of sp³-hybridized carbons (Fsp3) is 1.00. The van der Waals surface area contributed by atoms with Crippen LogP contribution in [0.1, 0.15) is 6.42 Å². The summed E-state index contributed by atoms with van der Waals surface area (Å²) < 4.78 is 27.0. The van der Waals surface area contributed by atoms with E-state index in [0.29, 0.717) is 46.2 Å². The van der Waals surface area contributed by atoms with Crippen LogP contribution < -0.4 is 5.32 Å². The molecule has 0 spiro atoms. The van der Waals surface area contributed by atoms with Gasteiger partial charge in [-0.2, -0.15) is 0 Å². The lowest BCUT2D eigenvalue weighted by molar-refractivity contribution is -0.00277. The zero-order valence-corrected chi connectivity index (χ0v) is 11.7. The van der Waals surface area contributed by atoms with Crippen LogP contribution in [0.4, 0.5) is 0 Å². The van der Waals surface area contributed by atoms with Crippen molar-refractivity contribution < 1.29 is 23.7 Å². The molecule has 0 amide bonds. The van der Waals surface area contributed by atoms with Crippen molar-refractivity contribution in [2.45, 2.75) is 6.42 Å². The molecule has 0 atom stereocenters. The van der Waals surface area contributed by atoms with Gasteiger partial charge in [0.15, 0.2) is 0 Å². The maximum Gasteiger partial charge on any atom is 0.0701 e. The van der Waals surface area contributed by atoms with Crippen LogP contribution in [0, 0.1) is 0 Å². The summed E-state index contributed by atoms with van der Waals surface area (Å²) in [5, 5.41) is 3.26. The quantitative estimate of drug-likeness (QED) is 0.676. The SMILES string of the molecule is C1COCCNCCOCCOCCOCCOC1. The molecule has 1 N–H and O–H groups in total. The molecule has 0 radical (unpaired) electrons. The minimum Gasteiger partial charge on any atom is -0.380 e. The van der Waals surface area contributed by atoms with Crippen molar-refractivity contribution >= 4 is 0 Å². The molecule has 0 saturated carbocycles. The molecule has 1 aliphatic heterocycles. The molecular weight excluding hydrogens is 250 g/mol. The topological polar surface area (TPSA) is 58.2 Å². The second kappa shape index (κ2) is 14.2. The molecule has 1 fully saturated rings. The largest absolute Gasteiger partial charge is 0.380 e. The third-order valence-electron chi connectivity index (χ3n) is 2.54. The van der Waals surface area contributed by atoms with Crippen LogP contribution >= 0.6 is 0 Å². The van der Waals surface area contributed by atoms with E-state index in [1.54, 1.807) is 0 Å². The van der Waals surface area contributed by atoms with Gasteiger partial charge in [-0.3, -0.25) is 0 Å². The van der Waals surface area contributed by atoms with E-state index in [9.17, 15) is 0 Å². The van der Waals surface area contributed by atoms with E-state index < -0.39 is 0 Å². The van der Waals surface area contributed by atoms with Crippen molar-refractivity contribution in [3.63, 3.8) is 0 Å². The third kappa shape index (κ3) is 12.5. The zero-order valence-electron chi connectivity index (χ0n) is 11.7. The summed E-state index contributed by atoms with van der Waals surface area (Å²) >= 11 is 0. The lowest BCUT2D eigenvalue weighted by Crippen LogP contribution is -2.24. The molecule has 0 unspecified atom stereocenters. The predicted molar refractivity (Wildman–Crippen MR) is 71.6 cm³/mol. The highest BCUT2D eigenvalue weighted by atomic mass is 16.6. The first-order valence-electron chi connectivity index (χ1n) is 7.09. The van der Waals surface area contributed by atoms with E-state index in [4.69, 9.17) is 23.7 Å². The monoisotopic (exact) mass is 277 g/mol. The second-order valence-corrected chi connectivity index (χ2v) is 4.17. The molecular formula is C13H27NO5.